The largest absolute Gasteiger partial charge is 0.493 e. The maximum atomic E-state index is 12.2. The molecule has 0 aliphatic carbocycles. The number of esters is 1. The second-order valence-corrected chi connectivity index (χ2v) is 11.7. The molecule has 4 nitrogen and oxygen atoms in total. The van der Waals surface area contributed by atoms with Crippen molar-refractivity contribution < 1.29 is 19.0 Å². The quantitative estimate of drug-likeness (QED) is 0.0722. The first kappa shape index (κ1) is 36.3. The van der Waals surface area contributed by atoms with Gasteiger partial charge in [-0.25, -0.2) is 4.79 Å². The van der Waals surface area contributed by atoms with Crippen molar-refractivity contribution in [1.82, 2.24) is 0 Å². The highest BCUT2D eigenvalue weighted by Crippen LogP contribution is 2.25. The second kappa shape index (κ2) is 27.5. The molecule has 0 N–H and O–H groups in total. The molecule has 0 bridgehead atoms. The summed E-state index contributed by atoms with van der Waals surface area (Å²) in [6.45, 7) is 5.88. The van der Waals surface area contributed by atoms with Gasteiger partial charge in [0.15, 0.2) is 0 Å². The Morgan fingerprint density at radius 1 is 0.475 bits per heavy atom. The molecule has 0 unspecified atom stereocenters. The Kier molecular flexibility index (Phi) is 24.9. The van der Waals surface area contributed by atoms with Gasteiger partial charge in [0.05, 0.1) is 25.9 Å². The molecule has 0 fully saturated rings. The minimum absolute atomic E-state index is 0.356. The third kappa shape index (κ3) is 21.1. The zero-order chi connectivity index (χ0) is 28.9. The van der Waals surface area contributed by atoms with Crippen LogP contribution < -0.4 is 9.47 Å². The van der Waals surface area contributed by atoms with Crippen LogP contribution in [0, 0.1) is 0 Å². The van der Waals surface area contributed by atoms with Gasteiger partial charge in [-0.05, 0) is 25.0 Å². The summed E-state index contributed by atoms with van der Waals surface area (Å²) in [6.07, 6.45) is 31.8. The number of hydrogen-bond donors (Lipinski definition) is 0. The smallest absolute Gasteiger partial charge is 0.338 e. The predicted octanol–water partition coefficient (Wildman–Crippen LogP) is 11.6. The number of rotatable bonds is 29. The third-order valence-electron chi connectivity index (χ3n) is 7.83. The van der Waals surface area contributed by atoms with E-state index in [0.29, 0.717) is 30.3 Å². The van der Waals surface area contributed by atoms with E-state index in [-0.39, 0.29) is 5.97 Å². The van der Waals surface area contributed by atoms with Crippen LogP contribution in [-0.2, 0) is 4.74 Å². The van der Waals surface area contributed by atoms with Gasteiger partial charge < -0.3 is 14.2 Å². The molecule has 0 radical (unpaired) electrons. The number of carbonyl (C=O) groups excluding carboxylic acids is 1. The van der Waals surface area contributed by atoms with Crippen molar-refractivity contribution in [2.75, 3.05) is 20.3 Å². The van der Waals surface area contributed by atoms with Gasteiger partial charge in [-0.2, -0.15) is 0 Å². The summed E-state index contributed by atoms with van der Waals surface area (Å²) in [5.74, 6) is 1.03. The maximum absolute atomic E-state index is 12.2. The number of unbranched alkanes of at least 4 members (excludes halogenated alkanes) is 22. The Bertz CT molecular complexity index is 702. The monoisotopic (exact) mass is 560 g/mol. The van der Waals surface area contributed by atoms with E-state index in [0.717, 1.165) is 12.8 Å². The molecule has 1 aromatic rings. The lowest BCUT2D eigenvalue weighted by Crippen LogP contribution is -2.05. The molecule has 0 atom stereocenters. The van der Waals surface area contributed by atoms with Crippen LogP contribution in [0.2, 0.25) is 0 Å². The first-order valence-corrected chi connectivity index (χ1v) is 17.2. The van der Waals surface area contributed by atoms with Gasteiger partial charge in [0.2, 0.25) is 0 Å². The van der Waals surface area contributed by atoms with Crippen LogP contribution in [0.3, 0.4) is 0 Å². The lowest BCUT2D eigenvalue weighted by atomic mass is 10.0. The van der Waals surface area contributed by atoms with Gasteiger partial charge >= 0.3 is 5.97 Å². The van der Waals surface area contributed by atoms with E-state index in [1.807, 2.05) is 6.07 Å². The van der Waals surface area contributed by atoms with E-state index in [1.54, 1.807) is 12.1 Å². The summed E-state index contributed by atoms with van der Waals surface area (Å²) in [5.41, 5.74) is 0.485. The summed E-state index contributed by atoms with van der Waals surface area (Å²) >= 11 is 0. The van der Waals surface area contributed by atoms with Crippen LogP contribution in [0.1, 0.15) is 178 Å². The molecule has 0 saturated heterocycles. The standard InChI is InChI=1S/C36H64O4/c1-4-6-8-10-12-14-16-17-19-21-23-25-27-29-40-35-31-33(36(37)38-3)30-34(32-35)39-28-26-24-22-20-18-15-13-11-9-7-5-2/h30-32H,4-29H2,1-3H3. The molecule has 0 heterocycles. The van der Waals surface area contributed by atoms with E-state index < -0.39 is 0 Å². The van der Waals surface area contributed by atoms with Gasteiger partial charge in [0.1, 0.15) is 11.5 Å². The van der Waals surface area contributed by atoms with Crippen molar-refractivity contribution in [2.45, 2.75) is 168 Å². The fourth-order valence-corrected chi connectivity index (χ4v) is 5.24. The Morgan fingerprint density at radius 3 is 1.07 bits per heavy atom. The maximum Gasteiger partial charge on any atom is 0.338 e. The Hall–Kier alpha value is -1.71. The minimum atomic E-state index is -0.356. The summed E-state index contributed by atoms with van der Waals surface area (Å²) in [4.78, 5) is 12.2. The Labute approximate surface area is 248 Å². The molecule has 0 aliphatic rings. The van der Waals surface area contributed by atoms with Crippen LogP contribution in [0.15, 0.2) is 18.2 Å². The van der Waals surface area contributed by atoms with E-state index >= 15 is 0 Å². The lowest BCUT2D eigenvalue weighted by Gasteiger charge is -2.12. The number of benzene rings is 1. The number of methoxy groups -OCH3 is 1. The van der Waals surface area contributed by atoms with Crippen molar-refractivity contribution >= 4 is 5.97 Å². The first-order chi connectivity index (χ1) is 19.7. The molecule has 1 aromatic carbocycles. The summed E-state index contributed by atoms with van der Waals surface area (Å²) in [7, 11) is 1.41. The average molecular weight is 561 g/mol. The first-order valence-electron chi connectivity index (χ1n) is 17.2. The molecule has 4 heteroatoms. The molecule has 0 aliphatic heterocycles. The molecule has 40 heavy (non-hydrogen) atoms. The highest BCUT2D eigenvalue weighted by molar-refractivity contribution is 5.90. The minimum Gasteiger partial charge on any atom is -0.493 e. The normalized spacial score (nSPS) is 11.1. The molecule has 0 saturated carbocycles. The average Bonchev–Trinajstić information content (AvgIpc) is 2.97. The molecule has 0 aromatic heterocycles. The van der Waals surface area contributed by atoms with Crippen LogP contribution in [-0.4, -0.2) is 26.3 Å². The highest BCUT2D eigenvalue weighted by atomic mass is 16.5. The van der Waals surface area contributed by atoms with Crippen LogP contribution in [0.5, 0.6) is 11.5 Å². The fourth-order valence-electron chi connectivity index (χ4n) is 5.24. The second-order valence-electron chi connectivity index (χ2n) is 11.7. The number of ether oxygens (including phenoxy) is 3. The van der Waals surface area contributed by atoms with Gasteiger partial charge in [0.25, 0.3) is 0 Å². The summed E-state index contributed by atoms with van der Waals surface area (Å²) in [6, 6.07) is 5.44. The zero-order valence-electron chi connectivity index (χ0n) is 26.7. The molecule has 232 valence electrons. The van der Waals surface area contributed by atoms with Crippen molar-refractivity contribution in [3.63, 3.8) is 0 Å². The summed E-state index contributed by atoms with van der Waals surface area (Å²) < 4.78 is 16.9. The molecule has 0 amide bonds. The van der Waals surface area contributed by atoms with Crippen molar-refractivity contribution in [3.8, 4) is 11.5 Å². The molecule has 0 spiro atoms. The van der Waals surface area contributed by atoms with Gasteiger partial charge in [-0.3, -0.25) is 0 Å². The van der Waals surface area contributed by atoms with E-state index in [9.17, 15) is 4.79 Å². The SMILES string of the molecule is CCCCCCCCCCCCCCCOc1cc(OCCCCCCCCCCCCC)cc(C(=O)OC)c1. The molecular formula is C36H64O4. The Balaban J connectivity index is 2.16. The van der Waals surface area contributed by atoms with Crippen LogP contribution >= 0.6 is 0 Å². The third-order valence-corrected chi connectivity index (χ3v) is 7.83. The van der Waals surface area contributed by atoms with Crippen molar-refractivity contribution in [1.29, 1.82) is 0 Å². The van der Waals surface area contributed by atoms with Crippen LogP contribution in [0.25, 0.3) is 0 Å². The zero-order valence-corrected chi connectivity index (χ0v) is 26.7. The van der Waals surface area contributed by atoms with Crippen molar-refractivity contribution in [2.24, 2.45) is 0 Å². The lowest BCUT2D eigenvalue weighted by molar-refractivity contribution is 0.0599. The number of carbonyl (C=O) groups is 1. The van der Waals surface area contributed by atoms with Crippen molar-refractivity contribution in [3.05, 3.63) is 23.8 Å². The van der Waals surface area contributed by atoms with Gasteiger partial charge in [0, 0.05) is 6.07 Å². The molecule has 1 rings (SSSR count). The van der Waals surface area contributed by atoms with Gasteiger partial charge in [-0.1, -0.05) is 155 Å². The van der Waals surface area contributed by atoms with Crippen LogP contribution in [0.4, 0.5) is 0 Å². The topological polar surface area (TPSA) is 44.8 Å². The summed E-state index contributed by atoms with van der Waals surface area (Å²) in [5, 5.41) is 0. The Morgan fingerprint density at radius 2 is 0.775 bits per heavy atom. The highest BCUT2D eigenvalue weighted by Gasteiger charge is 2.11. The number of hydrogen-bond acceptors (Lipinski definition) is 4. The van der Waals surface area contributed by atoms with E-state index in [1.165, 1.54) is 148 Å². The van der Waals surface area contributed by atoms with Gasteiger partial charge in [-0.15, -0.1) is 0 Å². The predicted molar refractivity (Wildman–Crippen MR) is 171 cm³/mol. The molecular weight excluding hydrogens is 496 g/mol. The van der Waals surface area contributed by atoms with E-state index in [2.05, 4.69) is 13.8 Å². The fraction of sp³-hybridized carbons (Fsp3) is 0.806. The van der Waals surface area contributed by atoms with E-state index in [4.69, 9.17) is 14.2 Å².